The van der Waals surface area contributed by atoms with Crippen molar-refractivity contribution in [3.05, 3.63) is 95.1 Å². The molecule has 212 valence electrons. The molecule has 0 saturated heterocycles. The van der Waals surface area contributed by atoms with E-state index in [0.717, 1.165) is 47.9 Å². The number of anilines is 1. The standard InChI is InChI=1S/C32H39N3O4S/c1-23-16-18-29(19-17-23)40(38,39)35(30-15-8-5-11-25(30)3)22-31(36)34(21-27-12-9-10-24(2)20-27)26(4)32(37)33-28-13-6-7-14-28/h5,8-12,15-20,26,28H,6-7,13-14,21-22H2,1-4H3,(H,33,37). The number of sulfonamides is 1. The molecule has 3 aromatic carbocycles. The summed E-state index contributed by atoms with van der Waals surface area (Å²) in [5.74, 6) is -0.675. The highest BCUT2D eigenvalue weighted by atomic mass is 32.2. The van der Waals surface area contributed by atoms with E-state index in [2.05, 4.69) is 5.32 Å². The Morgan fingerprint density at radius 3 is 2.23 bits per heavy atom. The van der Waals surface area contributed by atoms with Crippen molar-refractivity contribution in [1.29, 1.82) is 0 Å². The second-order valence-corrected chi connectivity index (χ2v) is 12.7. The summed E-state index contributed by atoms with van der Waals surface area (Å²) in [6.45, 7) is 7.14. The van der Waals surface area contributed by atoms with Gasteiger partial charge in [0.2, 0.25) is 11.8 Å². The van der Waals surface area contributed by atoms with E-state index in [-0.39, 0.29) is 23.4 Å². The third kappa shape index (κ3) is 6.91. The maximum absolute atomic E-state index is 14.1. The topological polar surface area (TPSA) is 86.8 Å². The van der Waals surface area contributed by atoms with Crippen molar-refractivity contribution < 1.29 is 18.0 Å². The van der Waals surface area contributed by atoms with Crippen molar-refractivity contribution in [3.63, 3.8) is 0 Å². The molecule has 1 aliphatic rings. The minimum atomic E-state index is -4.08. The fourth-order valence-electron chi connectivity index (χ4n) is 5.18. The van der Waals surface area contributed by atoms with E-state index >= 15 is 0 Å². The third-order valence-electron chi connectivity index (χ3n) is 7.58. The minimum absolute atomic E-state index is 0.103. The van der Waals surface area contributed by atoms with Gasteiger partial charge in [-0.15, -0.1) is 0 Å². The van der Waals surface area contributed by atoms with Crippen molar-refractivity contribution in [3.8, 4) is 0 Å². The second kappa shape index (κ2) is 12.7. The van der Waals surface area contributed by atoms with Gasteiger partial charge >= 0.3 is 0 Å². The van der Waals surface area contributed by atoms with Gasteiger partial charge in [0.25, 0.3) is 10.0 Å². The van der Waals surface area contributed by atoms with Gasteiger partial charge in [0, 0.05) is 12.6 Å². The first kappa shape index (κ1) is 29.3. The van der Waals surface area contributed by atoms with Crippen LogP contribution in [0, 0.1) is 20.8 Å². The average Bonchev–Trinajstić information content (AvgIpc) is 3.43. The quantitative estimate of drug-likeness (QED) is 0.365. The minimum Gasteiger partial charge on any atom is -0.352 e. The number of hydrogen-bond acceptors (Lipinski definition) is 4. The van der Waals surface area contributed by atoms with Crippen molar-refractivity contribution in [2.24, 2.45) is 0 Å². The number of carbonyl (C=O) groups excluding carboxylic acids is 2. The Bertz CT molecular complexity index is 1450. The largest absolute Gasteiger partial charge is 0.352 e. The Kier molecular flexibility index (Phi) is 9.30. The first-order valence-electron chi connectivity index (χ1n) is 13.9. The van der Waals surface area contributed by atoms with Gasteiger partial charge in [-0.1, -0.05) is 78.6 Å². The lowest BCUT2D eigenvalue weighted by molar-refractivity contribution is -0.139. The van der Waals surface area contributed by atoms with Crippen molar-refractivity contribution >= 4 is 27.5 Å². The Balaban J connectivity index is 1.69. The fraction of sp³-hybridized carbons (Fsp3) is 0.375. The van der Waals surface area contributed by atoms with E-state index < -0.39 is 28.5 Å². The van der Waals surface area contributed by atoms with Crippen molar-refractivity contribution in [2.45, 2.75) is 76.9 Å². The number of amides is 2. The van der Waals surface area contributed by atoms with Crippen LogP contribution in [0.25, 0.3) is 0 Å². The summed E-state index contributed by atoms with van der Waals surface area (Å²) in [6.07, 6.45) is 4.02. The number of nitrogens with zero attached hydrogens (tertiary/aromatic N) is 2. The molecule has 0 aromatic heterocycles. The molecule has 1 aliphatic carbocycles. The molecule has 1 N–H and O–H groups in total. The Morgan fingerprint density at radius 1 is 0.900 bits per heavy atom. The number of aryl methyl sites for hydroxylation is 3. The molecule has 3 aromatic rings. The first-order valence-corrected chi connectivity index (χ1v) is 15.3. The van der Waals surface area contributed by atoms with Crippen LogP contribution >= 0.6 is 0 Å². The summed E-state index contributed by atoms with van der Waals surface area (Å²) in [6, 6.07) is 20.8. The van der Waals surface area contributed by atoms with E-state index in [9.17, 15) is 18.0 Å². The maximum Gasteiger partial charge on any atom is 0.264 e. The highest BCUT2D eigenvalue weighted by molar-refractivity contribution is 7.92. The number of rotatable bonds is 10. The molecule has 1 fully saturated rings. The molecule has 0 spiro atoms. The molecule has 4 rings (SSSR count). The average molecular weight is 562 g/mol. The van der Waals surface area contributed by atoms with Crippen molar-refractivity contribution in [1.82, 2.24) is 10.2 Å². The predicted octanol–water partition coefficient (Wildman–Crippen LogP) is 5.28. The molecule has 2 amide bonds. The number of benzene rings is 3. The van der Waals surface area contributed by atoms with Gasteiger partial charge in [-0.05, 0) is 69.9 Å². The first-order chi connectivity index (χ1) is 19.1. The van der Waals surface area contributed by atoms with Gasteiger partial charge in [-0.3, -0.25) is 13.9 Å². The number of carbonyl (C=O) groups is 2. The van der Waals surface area contributed by atoms with Crippen LogP contribution in [0.15, 0.2) is 77.7 Å². The highest BCUT2D eigenvalue weighted by Gasteiger charge is 2.33. The van der Waals surface area contributed by atoms with Crippen LogP contribution in [0.4, 0.5) is 5.69 Å². The van der Waals surface area contributed by atoms with Gasteiger partial charge in [0.15, 0.2) is 0 Å². The summed E-state index contributed by atoms with van der Waals surface area (Å²) in [5.41, 5.74) is 4.00. The molecule has 0 heterocycles. The molecule has 40 heavy (non-hydrogen) atoms. The van der Waals surface area contributed by atoms with Gasteiger partial charge in [-0.2, -0.15) is 0 Å². The van der Waals surface area contributed by atoms with Crippen LogP contribution in [0.2, 0.25) is 0 Å². The molecule has 0 aliphatic heterocycles. The number of para-hydroxylation sites is 1. The summed E-state index contributed by atoms with van der Waals surface area (Å²) < 4.78 is 29.1. The maximum atomic E-state index is 14.1. The van der Waals surface area contributed by atoms with Crippen LogP contribution < -0.4 is 9.62 Å². The van der Waals surface area contributed by atoms with Crippen molar-refractivity contribution in [2.75, 3.05) is 10.8 Å². The SMILES string of the molecule is Cc1ccc(S(=O)(=O)N(CC(=O)N(Cc2cccc(C)c2)C(C)C(=O)NC2CCCC2)c2ccccc2C)cc1. The number of nitrogens with one attached hydrogen (secondary N) is 1. The lowest BCUT2D eigenvalue weighted by atomic mass is 10.1. The van der Waals surface area contributed by atoms with Crippen LogP contribution in [0.1, 0.15) is 54.9 Å². The molecule has 1 atom stereocenters. The summed E-state index contributed by atoms with van der Waals surface area (Å²) in [4.78, 5) is 29.0. The van der Waals surface area contributed by atoms with Gasteiger partial charge in [-0.25, -0.2) is 8.42 Å². The van der Waals surface area contributed by atoms with Gasteiger partial charge in [0.1, 0.15) is 12.6 Å². The molecule has 1 saturated carbocycles. The fourth-order valence-corrected chi connectivity index (χ4v) is 6.65. The molecule has 7 nitrogen and oxygen atoms in total. The Morgan fingerprint density at radius 2 is 1.57 bits per heavy atom. The van der Waals surface area contributed by atoms with E-state index in [1.54, 1.807) is 43.3 Å². The van der Waals surface area contributed by atoms with Gasteiger partial charge in [0.05, 0.1) is 10.6 Å². The van der Waals surface area contributed by atoms with Crippen LogP contribution in [0.5, 0.6) is 0 Å². The zero-order chi connectivity index (χ0) is 28.9. The zero-order valence-corrected chi connectivity index (χ0v) is 24.6. The highest BCUT2D eigenvalue weighted by Crippen LogP contribution is 2.28. The van der Waals surface area contributed by atoms with Crippen LogP contribution in [-0.2, 0) is 26.2 Å². The number of hydrogen-bond donors (Lipinski definition) is 1. The summed E-state index contributed by atoms with van der Waals surface area (Å²) >= 11 is 0. The van der Waals surface area contributed by atoms with Gasteiger partial charge < -0.3 is 10.2 Å². The molecule has 8 heteroatoms. The van der Waals surface area contributed by atoms with E-state index in [0.29, 0.717) is 5.69 Å². The van der Waals surface area contributed by atoms with Crippen LogP contribution in [0.3, 0.4) is 0 Å². The lowest BCUT2D eigenvalue weighted by Crippen LogP contribution is -2.52. The van der Waals surface area contributed by atoms with E-state index in [1.807, 2.05) is 57.2 Å². The lowest BCUT2D eigenvalue weighted by Gasteiger charge is -2.33. The molecule has 1 unspecified atom stereocenters. The Hall–Kier alpha value is -3.65. The second-order valence-electron chi connectivity index (χ2n) is 10.8. The van der Waals surface area contributed by atoms with Crippen LogP contribution in [-0.4, -0.2) is 43.8 Å². The smallest absolute Gasteiger partial charge is 0.264 e. The molecule has 0 radical (unpaired) electrons. The monoisotopic (exact) mass is 561 g/mol. The normalized spacial score (nSPS) is 14.5. The zero-order valence-electron chi connectivity index (χ0n) is 23.8. The summed E-state index contributed by atoms with van der Waals surface area (Å²) in [7, 11) is -4.08. The molecular formula is C32H39N3O4S. The van der Waals surface area contributed by atoms with E-state index in [4.69, 9.17) is 0 Å². The third-order valence-corrected chi connectivity index (χ3v) is 9.35. The summed E-state index contributed by atoms with van der Waals surface area (Å²) in [5, 5.41) is 3.10. The molecule has 0 bridgehead atoms. The Labute approximate surface area is 238 Å². The predicted molar refractivity (Wildman–Crippen MR) is 158 cm³/mol. The molecular weight excluding hydrogens is 522 g/mol. The van der Waals surface area contributed by atoms with E-state index in [1.165, 1.54) is 9.21 Å².